The predicted molar refractivity (Wildman–Crippen MR) is 60.3 cm³/mol. The summed E-state index contributed by atoms with van der Waals surface area (Å²) >= 11 is 0. The fourth-order valence-electron chi connectivity index (χ4n) is 1.81. The predicted octanol–water partition coefficient (Wildman–Crippen LogP) is 0.875. The van der Waals surface area contributed by atoms with Crippen molar-refractivity contribution in [3.8, 4) is 0 Å². The van der Waals surface area contributed by atoms with Gasteiger partial charge in [-0.15, -0.1) is 0 Å². The van der Waals surface area contributed by atoms with E-state index in [-0.39, 0.29) is 23.5 Å². The van der Waals surface area contributed by atoms with Crippen molar-refractivity contribution in [1.29, 1.82) is 0 Å². The highest BCUT2D eigenvalue weighted by Gasteiger charge is 2.28. The van der Waals surface area contributed by atoms with Crippen molar-refractivity contribution < 1.29 is 17.9 Å². The van der Waals surface area contributed by atoms with Crippen molar-refractivity contribution in [3.63, 3.8) is 0 Å². The molecule has 0 bridgehead atoms. The molecule has 6 heteroatoms. The lowest BCUT2D eigenvalue weighted by atomic mass is 9.83. The van der Waals surface area contributed by atoms with Gasteiger partial charge in [0.2, 0.25) is 10.0 Å². The van der Waals surface area contributed by atoms with Crippen LogP contribution >= 0.6 is 0 Å². The number of rotatable bonds is 4. The first-order valence-electron chi connectivity index (χ1n) is 5.40. The third-order valence-corrected chi connectivity index (χ3v) is 4.30. The van der Waals surface area contributed by atoms with Gasteiger partial charge in [0.15, 0.2) is 0 Å². The van der Waals surface area contributed by atoms with Gasteiger partial charge in [-0.25, -0.2) is 17.5 Å². The van der Waals surface area contributed by atoms with Crippen LogP contribution in [0.5, 0.6) is 0 Å². The highest BCUT2D eigenvalue weighted by Crippen LogP contribution is 2.26. The van der Waals surface area contributed by atoms with Crippen LogP contribution in [0.3, 0.4) is 0 Å². The molecule has 0 radical (unpaired) electrons. The zero-order valence-corrected chi connectivity index (χ0v) is 9.95. The number of halogens is 1. The molecule has 94 valence electrons. The molecule has 0 saturated heterocycles. The van der Waals surface area contributed by atoms with E-state index in [2.05, 4.69) is 4.72 Å². The largest absolute Gasteiger partial charge is 0.393 e. The molecule has 0 atom stereocenters. The summed E-state index contributed by atoms with van der Waals surface area (Å²) in [6.45, 7) is 0.288. The average Bonchev–Trinajstić information content (AvgIpc) is 2.23. The topological polar surface area (TPSA) is 66.4 Å². The molecule has 0 spiro atoms. The summed E-state index contributed by atoms with van der Waals surface area (Å²) in [7, 11) is -3.64. The molecule has 2 N–H and O–H groups in total. The van der Waals surface area contributed by atoms with Crippen LogP contribution in [0.1, 0.15) is 12.8 Å². The van der Waals surface area contributed by atoms with Crippen LogP contribution in [0, 0.1) is 11.7 Å². The van der Waals surface area contributed by atoms with Crippen LogP contribution in [0.15, 0.2) is 29.2 Å². The number of aliphatic hydroxyl groups excluding tert-OH is 1. The van der Waals surface area contributed by atoms with E-state index in [1.54, 1.807) is 0 Å². The normalized spacial score (nSPS) is 24.4. The quantitative estimate of drug-likeness (QED) is 0.843. The highest BCUT2D eigenvalue weighted by molar-refractivity contribution is 7.89. The van der Waals surface area contributed by atoms with E-state index in [0.29, 0.717) is 12.8 Å². The minimum absolute atomic E-state index is 0.0719. The molecule has 17 heavy (non-hydrogen) atoms. The molecule has 1 aliphatic rings. The molecule has 0 aromatic heterocycles. The summed E-state index contributed by atoms with van der Waals surface area (Å²) in [6, 6.07) is 4.89. The van der Waals surface area contributed by atoms with Gasteiger partial charge >= 0.3 is 0 Å². The molecule has 0 amide bonds. The Balaban J connectivity index is 1.99. The molecule has 0 heterocycles. The summed E-state index contributed by atoms with van der Waals surface area (Å²) < 4.78 is 38.9. The molecule has 2 rings (SSSR count). The Morgan fingerprint density at radius 1 is 1.41 bits per heavy atom. The molecule has 0 unspecified atom stereocenters. The fraction of sp³-hybridized carbons (Fsp3) is 0.455. The molecule has 0 aliphatic heterocycles. The Labute approximate surface area is 99.5 Å². The van der Waals surface area contributed by atoms with Crippen molar-refractivity contribution in [2.75, 3.05) is 6.54 Å². The van der Waals surface area contributed by atoms with E-state index in [1.165, 1.54) is 18.2 Å². The van der Waals surface area contributed by atoms with Crippen LogP contribution in [-0.4, -0.2) is 26.2 Å². The van der Waals surface area contributed by atoms with Gasteiger partial charge in [0.25, 0.3) is 0 Å². The van der Waals surface area contributed by atoms with Crippen LogP contribution in [0.25, 0.3) is 0 Å². The molecule has 1 saturated carbocycles. The Morgan fingerprint density at radius 3 is 2.71 bits per heavy atom. The van der Waals surface area contributed by atoms with Gasteiger partial charge in [0.1, 0.15) is 5.82 Å². The summed E-state index contributed by atoms with van der Waals surface area (Å²) in [5.41, 5.74) is 0. The van der Waals surface area contributed by atoms with E-state index in [0.717, 1.165) is 6.07 Å². The lowest BCUT2D eigenvalue weighted by Gasteiger charge is -2.31. The number of benzene rings is 1. The van der Waals surface area contributed by atoms with Gasteiger partial charge in [-0.3, -0.25) is 0 Å². The SMILES string of the molecule is O=S(=O)(NCC1CC(O)C1)c1cccc(F)c1. The van der Waals surface area contributed by atoms with E-state index < -0.39 is 15.8 Å². The lowest BCUT2D eigenvalue weighted by molar-refractivity contribution is 0.0453. The molecule has 1 aromatic rings. The van der Waals surface area contributed by atoms with Crippen LogP contribution in [-0.2, 0) is 10.0 Å². The zero-order valence-electron chi connectivity index (χ0n) is 9.14. The average molecular weight is 259 g/mol. The Morgan fingerprint density at radius 2 is 2.12 bits per heavy atom. The van der Waals surface area contributed by atoms with Crippen molar-refractivity contribution in [3.05, 3.63) is 30.1 Å². The second kappa shape index (κ2) is 4.72. The maximum Gasteiger partial charge on any atom is 0.240 e. The number of hydrogen-bond donors (Lipinski definition) is 2. The van der Waals surface area contributed by atoms with Crippen molar-refractivity contribution in [2.45, 2.75) is 23.8 Å². The van der Waals surface area contributed by atoms with Crippen molar-refractivity contribution >= 4 is 10.0 Å². The van der Waals surface area contributed by atoms with E-state index in [1.807, 2.05) is 0 Å². The minimum atomic E-state index is -3.64. The Bertz CT molecular complexity index is 497. The molecular formula is C11H14FNO3S. The summed E-state index contributed by atoms with van der Waals surface area (Å²) in [6.07, 6.45) is 0.927. The first-order chi connectivity index (χ1) is 7.97. The van der Waals surface area contributed by atoms with Crippen molar-refractivity contribution in [1.82, 2.24) is 4.72 Å². The second-order valence-electron chi connectivity index (χ2n) is 4.30. The monoisotopic (exact) mass is 259 g/mol. The summed E-state index contributed by atoms with van der Waals surface area (Å²) in [4.78, 5) is -0.0719. The third-order valence-electron chi connectivity index (χ3n) is 2.88. The van der Waals surface area contributed by atoms with Crippen molar-refractivity contribution in [2.24, 2.45) is 5.92 Å². The standard InChI is InChI=1S/C11H14FNO3S/c12-9-2-1-3-11(6-9)17(15,16)13-7-8-4-10(14)5-8/h1-3,6,8,10,13-14H,4-5,7H2. The summed E-state index contributed by atoms with van der Waals surface area (Å²) in [5.74, 6) is -0.403. The highest BCUT2D eigenvalue weighted by atomic mass is 32.2. The van der Waals surface area contributed by atoms with Crippen LogP contribution in [0.2, 0.25) is 0 Å². The van der Waals surface area contributed by atoms with Crippen LogP contribution < -0.4 is 4.72 Å². The Kier molecular flexibility index (Phi) is 3.46. The fourth-order valence-corrected chi connectivity index (χ4v) is 2.96. The smallest absolute Gasteiger partial charge is 0.240 e. The van der Waals surface area contributed by atoms with Gasteiger partial charge < -0.3 is 5.11 Å². The van der Waals surface area contributed by atoms with Gasteiger partial charge in [-0.05, 0) is 37.0 Å². The maximum atomic E-state index is 12.9. The first kappa shape index (κ1) is 12.5. The van der Waals surface area contributed by atoms with Gasteiger partial charge in [-0.2, -0.15) is 0 Å². The number of hydrogen-bond acceptors (Lipinski definition) is 3. The zero-order chi connectivity index (χ0) is 12.5. The van der Waals surface area contributed by atoms with Gasteiger partial charge in [0.05, 0.1) is 11.0 Å². The second-order valence-corrected chi connectivity index (χ2v) is 6.07. The number of nitrogens with one attached hydrogen (secondary N) is 1. The van der Waals surface area contributed by atoms with E-state index in [9.17, 15) is 12.8 Å². The van der Waals surface area contributed by atoms with Gasteiger partial charge in [-0.1, -0.05) is 6.07 Å². The maximum absolute atomic E-state index is 12.9. The molecule has 1 fully saturated rings. The van der Waals surface area contributed by atoms with E-state index >= 15 is 0 Å². The molecule has 1 aliphatic carbocycles. The molecular weight excluding hydrogens is 245 g/mol. The number of sulfonamides is 1. The number of aliphatic hydroxyl groups is 1. The van der Waals surface area contributed by atoms with Crippen LogP contribution in [0.4, 0.5) is 4.39 Å². The summed E-state index contributed by atoms with van der Waals surface area (Å²) in [5, 5.41) is 9.07. The van der Waals surface area contributed by atoms with Gasteiger partial charge in [0, 0.05) is 6.54 Å². The minimum Gasteiger partial charge on any atom is -0.393 e. The van der Waals surface area contributed by atoms with E-state index in [4.69, 9.17) is 5.11 Å². The third kappa shape index (κ3) is 3.02. The first-order valence-corrected chi connectivity index (χ1v) is 6.89. The Hall–Kier alpha value is -0.980. The molecule has 4 nitrogen and oxygen atoms in total. The lowest BCUT2D eigenvalue weighted by Crippen LogP contribution is -2.38. The molecule has 1 aromatic carbocycles.